The van der Waals surface area contributed by atoms with Crippen LogP contribution in [0.15, 0.2) is 29.3 Å². The van der Waals surface area contributed by atoms with E-state index in [1.54, 1.807) is 11.0 Å². The fourth-order valence-corrected chi connectivity index (χ4v) is 3.78. The van der Waals surface area contributed by atoms with Crippen molar-refractivity contribution in [2.45, 2.75) is 24.7 Å². The van der Waals surface area contributed by atoms with Crippen LogP contribution in [-0.4, -0.2) is 31.1 Å². The van der Waals surface area contributed by atoms with Crippen molar-refractivity contribution in [1.29, 1.82) is 5.26 Å². The molecule has 24 heavy (non-hydrogen) atoms. The Balaban J connectivity index is 1.99. The molecule has 3 rings (SSSR count). The van der Waals surface area contributed by atoms with Crippen LogP contribution in [0.2, 0.25) is 0 Å². The van der Waals surface area contributed by atoms with E-state index in [1.165, 1.54) is 25.3 Å². The number of H-pyrrole nitrogens is 1. The lowest BCUT2D eigenvalue weighted by molar-refractivity contribution is -0.116. The molecule has 2 N–H and O–H groups in total. The van der Waals surface area contributed by atoms with Gasteiger partial charge in [-0.05, 0) is 30.5 Å². The SMILES string of the molecule is CC(=O)N1CCCc2ccc(S(=O)(=O)Nc3cn[nH]c3C#N)cc21. The number of aromatic nitrogens is 2. The Morgan fingerprint density at radius 3 is 2.96 bits per heavy atom. The molecule has 0 fully saturated rings. The standard InChI is InChI=1S/C15H15N5O3S/c1-10(21)20-6-2-3-11-4-5-12(7-15(11)20)24(22,23)19-14-9-17-18-13(14)8-16/h4-5,7,9,19H,2-3,6H2,1H3,(H,17,18). The fraction of sp³-hybridized carbons (Fsp3) is 0.267. The van der Waals surface area contributed by atoms with Gasteiger partial charge in [0.15, 0.2) is 5.69 Å². The van der Waals surface area contributed by atoms with E-state index in [1.807, 2.05) is 6.07 Å². The summed E-state index contributed by atoms with van der Waals surface area (Å²) in [4.78, 5) is 13.4. The van der Waals surface area contributed by atoms with Gasteiger partial charge in [0.05, 0.1) is 11.1 Å². The second kappa shape index (κ2) is 5.98. The van der Waals surface area contributed by atoms with Gasteiger partial charge in [-0.25, -0.2) is 8.42 Å². The van der Waals surface area contributed by atoms with E-state index < -0.39 is 10.0 Å². The minimum absolute atomic E-state index is 0.0273. The van der Waals surface area contributed by atoms with Crippen LogP contribution in [0.3, 0.4) is 0 Å². The van der Waals surface area contributed by atoms with E-state index >= 15 is 0 Å². The molecular weight excluding hydrogens is 330 g/mol. The summed E-state index contributed by atoms with van der Waals surface area (Å²) in [7, 11) is -3.90. The second-order valence-corrected chi connectivity index (χ2v) is 7.12. The molecule has 2 aromatic rings. The molecule has 0 atom stereocenters. The van der Waals surface area contributed by atoms with Gasteiger partial charge in [0.2, 0.25) is 5.91 Å². The molecule has 0 bridgehead atoms. The van der Waals surface area contributed by atoms with Gasteiger partial charge in [0.1, 0.15) is 11.8 Å². The predicted octanol–water partition coefficient (Wildman–Crippen LogP) is 1.38. The maximum Gasteiger partial charge on any atom is 0.262 e. The molecule has 2 heterocycles. The van der Waals surface area contributed by atoms with Crippen LogP contribution >= 0.6 is 0 Å². The van der Waals surface area contributed by atoms with Gasteiger partial charge < -0.3 is 4.90 Å². The highest BCUT2D eigenvalue weighted by molar-refractivity contribution is 7.92. The summed E-state index contributed by atoms with van der Waals surface area (Å²) in [6, 6.07) is 6.53. The van der Waals surface area contributed by atoms with E-state index in [-0.39, 0.29) is 22.2 Å². The van der Waals surface area contributed by atoms with Crippen molar-refractivity contribution >= 4 is 27.3 Å². The fourth-order valence-electron chi connectivity index (χ4n) is 2.70. The molecule has 1 aromatic carbocycles. The number of carbonyl (C=O) groups excluding carboxylic acids is 1. The number of nitrogens with one attached hydrogen (secondary N) is 2. The zero-order chi connectivity index (χ0) is 17.3. The molecule has 1 aromatic heterocycles. The predicted molar refractivity (Wildman–Crippen MR) is 86.9 cm³/mol. The summed E-state index contributed by atoms with van der Waals surface area (Å²) in [5, 5.41) is 15.0. The number of fused-ring (bicyclic) bond motifs is 1. The highest BCUT2D eigenvalue weighted by Crippen LogP contribution is 2.30. The van der Waals surface area contributed by atoms with Crippen molar-refractivity contribution < 1.29 is 13.2 Å². The minimum atomic E-state index is -3.90. The Bertz CT molecular complexity index is 942. The highest BCUT2D eigenvalue weighted by Gasteiger charge is 2.24. The molecule has 9 heteroatoms. The Kier molecular flexibility index (Phi) is 3.99. The van der Waals surface area contributed by atoms with Crippen LogP contribution in [0.1, 0.15) is 24.6 Å². The summed E-state index contributed by atoms with van der Waals surface area (Å²) in [5.41, 5.74) is 1.67. The Labute approximate surface area is 139 Å². The zero-order valence-electron chi connectivity index (χ0n) is 12.9. The number of anilines is 2. The number of aromatic amines is 1. The third-order valence-electron chi connectivity index (χ3n) is 3.86. The molecule has 8 nitrogen and oxygen atoms in total. The molecular formula is C15H15N5O3S. The number of hydrogen-bond acceptors (Lipinski definition) is 5. The van der Waals surface area contributed by atoms with Crippen molar-refractivity contribution in [1.82, 2.24) is 10.2 Å². The van der Waals surface area contributed by atoms with Gasteiger partial charge in [-0.15, -0.1) is 0 Å². The minimum Gasteiger partial charge on any atom is -0.312 e. The molecule has 0 saturated heterocycles. The van der Waals surface area contributed by atoms with Crippen molar-refractivity contribution in [2.75, 3.05) is 16.2 Å². The highest BCUT2D eigenvalue weighted by atomic mass is 32.2. The second-order valence-electron chi connectivity index (χ2n) is 5.44. The Morgan fingerprint density at radius 2 is 2.25 bits per heavy atom. The largest absolute Gasteiger partial charge is 0.312 e. The lowest BCUT2D eigenvalue weighted by Crippen LogP contribution is -2.33. The average molecular weight is 345 g/mol. The number of rotatable bonds is 3. The first-order valence-electron chi connectivity index (χ1n) is 7.29. The van der Waals surface area contributed by atoms with Crippen molar-refractivity contribution in [3.05, 3.63) is 35.7 Å². The summed E-state index contributed by atoms with van der Waals surface area (Å²) in [6.07, 6.45) is 2.88. The molecule has 1 aliphatic rings. The normalized spacial score (nSPS) is 13.9. The number of amides is 1. The van der Waals surface area contributed by atoms with Crippen LogP contribution in [0.4, 0.5) is 11.4 Å². The number of nitrogens with zero attached hydrogens (tertiary/aromatic N) is 3. The smallest absolute Gasteiger partial charge is 0.262 e. The van der Waals surface area contributed by atoms with Crippen LogP contribution in [0.25, 0.3) is 0 Å². The van der Waals surface area contributed by atoms with Crippen molar-refractivity contribution in [3.63, 3.8) is 0 Å². The van der Waals surface area contributed by atoms with Crippen LogP contribution in [-0.2, 0) is 21.2 Å². The van der Waals surface area contributed by atoms with E-state index in [0.29, 0.717) is 12.2 Å². The molecule has 0 radical (unpaired) electrons. The third kappa shape index (κ3) is 2.83. The van der Waals surface area contributed by atoms with E-state index in [2.05, 4.69) is 14.9 Å². The van der Waals surface area contributed by atoms with Gasteiger partial charge in [-0.3, -0.25) is 14.6 Å². The first-order chi connectivity index (χ1) is 11.4. The topological polar surface area (TPSA) is 119 Å². The molecule has 0 aliphatic carbocycles. The average Bonchev–Trinajstić information content (AvgIpc) is 3.00. The number of nitriles is 1. The van der Waals surface area contributed by atoms with E-state index in [9.17, 15) is 13.2 Å². The van der Waals surface area contributed by atoms with Crippen molar-refractivity contribution in [3.8, 4) is 6.07 Å². The molecule has 0 spiro atoms. The number of sulfonamides is 1. The van der Waals surface area contributed by atoms with Gasteiger partial charge >= 0.3 is 0 Å². The summed E-state index contributed by atoms with van der Waals surface area (Å²) in [6.45, 7) is 2.03. The first kappa shape index (κ1) is 16.0. The molecule has 1 aliphatic heterocycles. The summed E-state index contributed by atoms with van der Waals surface area (Å²) in [5.74, 6) is -0.125. The maximum absolute atomic E-state index is 12.6. The number of benzene rings is 1. The first-order valence-corrected chi connectivity index (χ1v) is 8.78. The molecule has 0 unspecified atom stereocenters. The Morgan fingerprint density at radius 1 is 1.46 bits per heavy atom. The van der Waals surface area contributed by atoms with Gasteiger partial charge in [-0.2, -0.15) is 10.4 Å². The van der Waals surface area contributed by atoms with Crippen LogP contribution in [0.5, 0.6) is 0 Å². The van der Waals surface area contributed by atoms with Gasteiger partial charge in [0.25, 0.3) is 10.0 Å². The molecule has 0 saturated carbocycles. The quantitative estimate of drug-likeness (QED) is 0.871. The number of aryl methyl sites for hydroxylation is 1. The van der Waals surface area contributed by atoms with Crippen molar-refractivity contribution in [2.24, 2.45) is 0 Å². The monoisotopic (exact) mass is 345 g/mol. The van der Waals surface area contributed by atoms with Crippen LogP contribution in [0, 0.1) is 11.3 Å². The van der Waals surface area contributed by atoms with Gasteiger partial charge in [-0.1, -0.05) is 6.07 Å². The lowest BCUT2D eigenvalue weighted by atomic mass is 10.0. The number of hydrogen-bond donors (Lipinski definition) is 2. The summed E-state index contributed by atoms with van der Waals surface area (Å²) < 4.78 is 27.5. The lowest BCUT2D eigenvalue weighted by Gasteiger charge is -2.29. The van der Waals surface area contributed by atoms with Crippen LogP contribution < -0.4 is 9.62 Å². The third-order valence-corrected chi connectivity index (χ3v) is 5.22. The zero-order valence-corrected chi connectivity index (χ0v) is 13.7. The molecule has 124 valence electrons. The van der Waals surface area contributed by atoms with E-state index in [4.69, 9.17) is 5.26 Å². The number of carbonyl (C=O) groups is 1. The maximum atomic E-state index is 12.6. The van der Waals surface area contributed by atoms with E-state index in [0.717, 1.165) is 18.4 Å². The van der Waals surface area contributed by atoms with Gasteiger partial charge in [0, 0.05) is 19.2 Å². The summed E-state index contributed by atoms with van der Waals surface area (Å²) >= 11 is 0. The molecule has 1 amide bonds. The Hall–Kier alpha value is -2.86.